The first-order chi connectivity index (χ1) is 12.8. The molecule has 0 fully saturated rings. The second kappa shape index (κ2) is 7.16. The van der Waals surface area contributed by atoms with Crippen LogP contribution in [0, 0.1) is 12.7 Å². The zero-order chi connectivity index (χ0) is 19.6. The molecule has 0 atom stereocenters. The maximum Gasteiger partial charge on any atom is 0.338 e. The zero-order valence-corrected chi connectivity index (χ0v) is 15.0. The van der Waals surface area contributed by atoms with Gasteiger partial charge in [0, 0.05) is 6.20 Å². The molecule has 0 spiro atoms. The number of hydrogen-bond donors (Lipinski definition) is 2. The van der Waals surface area contributed by atoms with Crippen molar-refractivity contribution >= 4 is 21.8 Å². The number of benzene rings is 2. The zero-order valence-electron chi connectivity index (χ0n) is 14.2. The summed E-state index contributed by atoms with van der Waals surface area (Å²) >= 11 is 0. The number of carbonyl (C=O) groups is 1. The molecule has 0 unspecified atom stereocenters. The van der Waals surface area contributed by atoms with Gasteiger partial charge in [-0.3, -0.25) is 4.72 Å². The van der Waals surface area contributed by atoms with Crippen molar-refractivity contribution in [1.29, 1.82) is 0 Å². The third kappa shape index (κ3) is 4.12. The minimum atomic E-state index is -3.82. The van der Waals surface area contributed by atoms with E-state index in [1.165, 1.54) is 36.4 Å². The van der Waals surface area contributed by atoms with E-state index in [1.54, 1.807) is 18.3 Å². The summed E-state index contributed by atoms with van der Waals surface area (Å²) in [4.78, 5) is 15.1. The van der Waals surface area contributed by atoms with Crippen molar-refractivity contribution in [1.82, 2.24) is 4.98 Å². The van der Waals surface area contributed by atoms with Crippen LogP contribution in [0.5, 0.6) is 0 Å². The summed E-state index contributed by atoms with van der Waals surface area (Å²) in [5, 5.41) is 9.01. The minimum absolute atomic E-state index is 0.0224. The summed E-state index contributed by atoms with van der Waals surface area (Å²) in [5.41, 5.74) is 1.48. The van der Waals surface area contributed by atoms with Gasteiger partial charge < -0.3 is 5.11 Å². The minimum Gasteiger partial charge on any atom is -0.478 e. The summed E-state index contributed by atoms with van der Waals surface area (Å²) in [6.45, 7) is 1.84. The lowest BCUT2D eigenvalue weighted by atomic mass is 10.0. The van der Waals surface area contributed by atoms with Gasteiger partial charge in [0.2, 0.25) is 0 Å². The van der Waals surface area contributed by atoms with Crippen LogP contribution in [0.25, 0.3) is 11.1 Å². The van der Waals surface area contributed by atoms with Crippen LogP contribution < -0.4 is 4.72 Å². The molecule has 0 amide bonds. The Morgan fingerprint density at radius 2 is 1.70 bits per heavy atom. The third-order valence-corrected chi connectivity index (χ3v) is 5.22. The average molecular weight is 386 g/mol. The van der Waals surface area contributed by atoms with Crippen molar-refractivity contribution in [3.05, 3.63) is 77.7 Å². The number of carboxylic acids is 1. The molecular weight excluding hydrogens is 371 g/mol. The van der Waals surface area contributed by atoms with Gasteiger partial charge in [-0.05, 0) is 53.9 Å². The number of halogens is 1. The molecular formula is C19H15FN2O4S. The molecule has 2 aromatic carbocycles. The molecule has 0 radical (unpaired) electrons. The van der Waals surface area contributed by atoms with Gasteiger partial charge in [0.15, 0.2) is 0 Å². The lowest BCUT2D eigenvalue weighted by Crippen LogP contribution is -2.13. The maximum atomic E-state index is 13.5. The first-order valence-electron chi connectivity index (χ1n) is 7.85. The third-order valence-electron chi connectivity index (χ3n) is 3.85. The van der Waals surface area contributed by atoms with Crippen molar-refractivity contribution in [3.63, 3.8) is 0 Å². The predicted octanol–water partition coefficient (Wildman–Crippen LogP) is 3.70. The summed E-state index contributed by atoms with van der Waals surface area (Å²) in [6, 6.07) is 12.8. The van der Waals surface area contributed by atoms with E-state index < -0.39 is 27.4 Å². The number of sulfonamides is 1. The Bertz CT molecular complexity index is 1100. The fourth-order valence-corrected chi connectivity index (χ4v) is 3.43. The number of pyridine rings is 1. The fourth-order valence-electron chi connectivity index (χ4n) is 2.42. The smallest absolute Gasteiger partial charge is 0.338 e. The van der Waals surface area contributed by atoms with Crippen molar-refractivity contribution in [2.24, 2.45) is 0 Å². The summed E-state index contributed by atoms with van der Waals surface area (Å²) in [6.07, 6.45) is 1.55. The van der Waals surface area contributed by atoms with Gasteiger partial charge in [-0.15, -0.1) is 0 Å². The predicted molar refractivity (Wildman–Crippen MR) is 98.6 cm³/mol. The van der Waals surface area contributed by atoms with Crippen LogP contribution in [-0.2, 0) is 10.0 Å². The van der Waals surface area contributed by atoms with Crippen molar-refractivity contribution in [3.8, 4) is 11.1 Å². The SMILES string of the molecule is Cc1ccc(NS(=O)(=O)c2ccc(-c3ccc(F)c(C(=O)O)c3)cc2)nc1. The molecule has 6 nitrogen and oxygen atoms in total. The normalized spacial score (nSPS) is 11.2. The largest absolute Gasteiger partial charge is 0.478 e. The topological polar surface area (TPSA) is 96.4 Å². The number of carboxylic acid groups (broad SMARTS) is 1. The molecule has 0 bridgehead atoms. The van der Waals surface area contributed by atoms with Gasteiger partial charge in [-0.2, -0.15) is 0 Å². The van der Waals surface area contributed by atoms with E-state index in [0.717, 1.165) is 11.6 Å². The Balaban J connectivity index is 1.87. The van der Waals surface area contributed by atoms with Gasteiger partial charge in [0.25, 0.3) is 10.0 Å². The summed E-state index contributed by atoms with van der Waals surface area (Å²) < 4.78 is 40.8. The number of nitrogens with zero attached hydrogens (tertiary/aromatic N) is 1. The molecule has 1 aromatic heterocycles. The molecule has 1 heterocycles. The standard InChI is InChI=1S/C19H15FN2O4S/c1-12-2-9-18(21-11-12)22-27(25,26)15-6-3-13(4-7-15)14-5-8-17(20)16(10-14)19(23)24/h2-11H,1H3,(H,21,22)(H,23,24). The molecule has 0 saturated carbocycles. The highest BCUT2D eigenvalue weighted by atomic mass is 32.2. The number of anilines is 1. The highest BCUT2D eigenvalue weighted by Gasteiger charge is 2.16. The number of rotatable bonds is 5. The van der Waals surface area contributed by atoms with E-state index in [0.29, 0.717) is 11.1 Å². The monoisotopic (exact) mass is 386 g/mol. The van der Waals surface area contributed by atoms with Crippen LogP contribution in [0.4, 0.5) is 10.2 Å². The van der Waals surface area contributed by atoms with E-state index in [9.17, 15) is 17.6 Å². The lowest BCUT2D eigenvalue weighted by Gasteiger charge is -2.09. The number of aromatic carboxylic acids is 1. The van der Waals surface area contributed by atoms with Crippen LogP contribution in [0.3, 0.4) is 0 Å². The van der Waals surface area contributed by atoms with Crippen molar-refractivity contribution in [2.45, 2.75) is 11.8 Å². The molecule has 8 heteroatoms. The Labute approximate surface area is 155 Å². The van der Waals surface area contributed by atoms with Gasteiger partial charge in [-0.25, -0.2) is 22.6 Å². The Kier molecular flexibility index (Phi) is 4.91. The second-order valence-electron chi connectivity index (χ2n) is 5.85. The molecule has 2 N–H and O–H groups in total. The average Bonchev–Trinajstić information content (AvgIpc) is 2.64. The van der Waals surface area contributed by atoms with Gasteiger partial charge in [0.05, 0.1) is 10.5 Å². The highest BCUT2D eigenvalue weighted by Crippen LogP contribution is 2.24. The first kappa shape index (κ1) is 18.5. The number of nitrogens with one attached hydrogen (secondary N) is 1. The van der Waals surface area contributed by atoms with Crippen molar-refractivity contribution in [2.75, 3.05) is 4.72 Å². The number of aromatic nitrogens is 1. The van der Waals surface area contributed by atoms with Gasteiger partial charge in [-0.1, -0.05) is 24.3 Å². The van der Waals surface area contributed by atoms with Crippen LogP contribution in [0.1, 0.15) is 15.9 Å². The van der Waals surface area contributed by atoms with E-state index in [1.807, 2.05) is 6.92 Å². The number of hydrogen-bond acceptors (Lipinski definition) is 4. The van der Waals surface area contributed by atoms with Crippen molar-refractivity contribution < 1.29 is 22.7 Å². The Hall–Kier alpha value is -3.26. The van der Waals surface area contributed by atoms with E-state index in [2.05, 4.69) is 9.71 Å². The van der Waals surface area contributed by atoms with Gasteiger partial charge >= 0.3 is 5.97 Å². The van der Waals surface area contributed by atoms with E-state index in [-0.39, 0.29) is 10.7 Å². The molecule has 0 aliphatic rings. The Morgan fingerprint density at radius 3 is 2.30 bits per heavy atom. The molecule has 0 aliphatic carbocycles. The van der Waals surface area contributed by atoms with Crippen LogP contribution in [0.15, 0.2) is 65.7 Å². The lowest BCUT2D eigenvalue weighted by molar-refractivity contribution is 0.0692. The van der Waals surface area contributed by atoms with Gasteiger partial charge in [0.1, 0.15) is 11.6 Å². The molecule has 0 saturated heterocycles. The molecule has 0 aliphatic heterocycles. The maximum absolute atomic E-state index is 13.5. The highest BCUT2D eigenvalue weighted by molar-refractivity contribution is 7.92. The molecule has 27 heavy (non-hydrogen) atoms. The van der Waals surface area contributed by atoms with Crippen LogP contribution in [0.2, 0.25) is 0 Å². The van der Waals surface area contributed by atoms with E-state index in [4.69, 9.17) is 5.11 Å². The Morgan fingerprint density at radius 1 is 1.04 bits per heavy atom. The van der Waals surface area contributed by atoms with E-state index >= 15 is 0 Å². The van der Waals surface area contributed by atoms with Crippen LogP contribution >= 0.6 is 0 Å². The van der Waals surface area contributed by atoms with Crippen LogP contribution in [-0.4, -0.2) is 24.5 Å². The second-order valence-corrected chi connectivity index (χ2v) is 7.53. The summed E-state index contributed by atoms with van der Waals surface area (Å²) in [5.74, 6) is -2.00. The summed E-state index contributed by atoms with van der Waals surface area (Å²) in [7, 11) is -3.82. The number of aryl methyl sites for hydroxylation is 1. The molecule has 138 valence electrons. The molecule has 3 rings (SSSR count). The fraction of sp³-hybridized carbons (Fsp3) is 0.0526. The first-order valence-corrected chi connectivity index (χ1v) is 9.33. The quantitative estimate of drug-likeness (QED) is 0.697. The molecule has 3 aromatic rings.